The maximum Gasteiger partial charge on any atom is 0.125 e. The molecule has 0 N–H and O–H groups in total. The zero-order chi connectivity index (χ0) is 10.0. The molecule has 0 fully saturated rings. The van der Waals surface area contributed by atoms with E-state index in [9.17, 15) is 4.39 Å². The highest BCUT2D eigenvalue weighted by atomic mass is 35.5. The van der Waals surface area contributed by atoms with Crippen LogP contribution in [0.15, 0.2) is 12.1 Å². The van der Waals surface area contributed by atoms with E-state index in [1.807, 2.05) is 13.8 Å². The Kier molecular flexibility index (Phi) is 2.95. The molecule has 0 amide bonds. The summed E-state index contributed by atoms with van der Waals surface area (Å²) in [6.07, 6.45) is 5.25. The quantitative estimate of drug-likeness (QED) is 0.603. The molecule has 0 aromatic heterocycles. The molecule has 2 heteroatoms. The van der Waals surface area contributed by atoms with Crippen molar-refractivity contribution >= 4 is 11.6 Å². The molecule has 0 aliphatic heterocycles. The molecule has 0 aliphatic rings. The molecule has 0 radical (unpaired) electrons. The van der Waals surface area contributed by atoms with E-state index in [4.69, 9.17) is 18.0 Å². The number of halogens is 2. The predicted molar refractivity (Wildman–Crippen MR) is 53.4 cm³/mol. The molecular formula is C11H10ClF. The number of rotatable bonds is 1. The Morgan fingerprint density at radius 2 is 2.08 bits per heavy atom. The van der Waals surface area contributed by atoms with E-state index in [1.54, 1.807) is 0 Å². The molecule has 0 unspecified atom stereocenters. The van der Waals surface area contributed by atoms with E-state index >= 15 is 0 Å². The van der Waals surface area contributed by atoms with E-state index in [0.717, 1.165) is 5.56 Å². The highest BCUT2D eigenvalue weighted by molar-refractivity contribution is 6.31. The summed E-state index contributed by atoms with van der Waals surface area (Å²) >= 11 is 5.87. The third kappa shape index (κ3) is 2.02. The van der Waals surface area contributed by atoms with Gasteiger partial charge in [-0.1, -0.05) is 31.4 Å². The molecule has 68 valence electrons. The number of hydrogen-bond acceptors (Lipinski definition) is 0. The Morgan fingerprint density at radius 3 is 2.54 bits per heavy atom. The average Bonchev–Trinajstić information content (AvgIpc) is 2.01. The minimum Gasteiger partial charge on any atom is -0.207 e. The Hall–Kier alpha value is -1.00. The largest absolute Gasteiger partial charge is 0.207 e. The van der Waals surface area contributed by atoms with Crippen LogP contribution in [0.4, 0.5) is 4.39 Å². The molecule has 0 aliphatic carbocycles. The predicted octanol–water partition coefficient (Wildman–Crippen LogP) is 3.58. The molecule has 0 saturated carbocycles. The van der Waals surface area contributed by atoms with Gasteiger partial charge < -0.3 is 0 Å². The van der Waals surface area contributed by atoms with E-state index in [2.05, 4.69) is 5.92 Å². The normalized spacial score (nSPS) is 10.2. The number of hydrogen-bond donors (Lipinski definition) is 0. The third-order valence-electron chi connectivity index (χ3n) is 1.83. The van der Waals surface area contributed by atoms with Crippen LogP contribution < -0.4 is 0 Å². The summed E-state index contributed by atoms with van der Waals surface area (Å²) in [5.41, 5.74) is 1.38. The maximum absolute atomic E-state index is 12.9. The van der Waals surface area contributed by atoms with Crippen molar-refractivity contribution in [3.8, 4) is 12.3 Å². The molecule has 0 saturated heterocycles. The van der Waals surface area contributed by atoms with E-state index in [-0.39, 0.29) is 11.7 Å². The monoisotopic (exact) mass is 196 g/mol. The Morgan fingerprint density at radius 1 is 1.46 bits per heavy atom. The summed E-state index contributed by atoms with van der Waals surface area (Å²) < 4.78 is 12.9. The summed E-state index contributed by atoms with van der Waals surface area (Å²) in [6, 6.07) is 2.62. The fraction of sp³-hybridized carbons (Fsp3) is 0.273. The summed E-state index contributed by atoms with van der Waals surface area (Å²) in [5.74, 6) is 2.25. The lowest BCUT2D eigenvalue weighted by Crippen LogP contribution is -1.95. The van der Waals surface area contributed by atoms with Gasteiger partial charge in [0.2, 0.25) is 0 Å². The average molecular weight is 197 g/mol. The van der Waals surface area contributed by atoms with Crippen molar-refractivity contribution < 1.29 is 4.39 Å². The van der Waals surface area contributed by atoms with Crippen LogP contribution in [0.1, 0.15) is 30.9 Å². The molecule has 0 heterocycles. The SMILES string of the molecule is C#Cc1cc(F)cc(Cl)c1C(C)C. The molecular weight excluding hydrogens is 187 g/mol. The zero-order valence-electron chi connectivity index (χ0n) is 7.57. The van der Waals surface area contributed by atoms with Crippen LogP contribution in [-0.2, 0) is 0 Å². The minimum absolute atomic E-state index is 0.208. The van der Waals surface area contributed by atoms with Crippen LogP contribution in [0.25, 0.3) is 0 Å². The van der Waals surface area contributed by atoms with Gasteiger partial charge in [-0.2, -0.15) is 0 Å². The molecule has 13 heavy (non-hydrogen) atoms. The summed E-state index contributed by atoms with van der Waals surface area (Å²) in [5, 5.41) is 0.406. The van der Waals surface area contributed by atoms with Crippen molar-refractivity contribution in [1.82, 2.24) is 0 Å². The van der Waals surface area contributed by atoms with E-state index in [1.165, 1.54) is 12.1 Å². The van der Waals surface area contributed by atoms with Crippen LogP contribution in [0.5, 0.6) is 0 Å². The minimum atomic E-state index is -0.387. The molecule has 1 rings (SSSR count). The van der Waals surface area contributed by atoms with Gasteiger partial charge in [0.1, 0.15) is 5.82 Å². The summed E-state index contributed by atoms with van der Waals surface area (Å²) in [7, 11) is 0. The topological polar surface area (TPSA) is 0 Å². The standard InChI is InChI=1S/C11H10ClF/c1-4-8-5-9(13)6-10(12)11(8)7(2)3/h1,5-7H,2-3H3. The highest BCUT2D eigenvalue weighted by Gasteiger charge is 2.11. The molecule has 0 spiro atoms. The van der Waals surface area contributed by atoms with Crippen LogP contribution in [0.3, 0.4) is 0 Å². The first-order chi connectivity index (χ1) is 6.06. The lowest BCUT2D eigenvalue weighted by molar-refractivity contribution is 0.626. The smallest absolute Gasteiger partial charge is 0.125 e. The maximum atomic E-state index is 12.9. The van der Waals surface area contributed by atoms with Gasteiger partial charge in [0.25, 0.3) is 0 Å². The molecule has 0 nitrogen and oxygen atoms in total. The first kappa shape index (κ1) is 10.1. The molecule has 0 atom stereocenters. The van der Waals surface area contributed by atoms with Crippen molar-refractivity contribution in [3.05, 3.63) is 34.1 Å². The van der Waals surface area contributed by atoms with Crippen molar-refractivity contribution in [3.63, 3.8) is 0 Å². The van der Waals surface area contributed by atoms with Crippen LogP contribution >= 0.6 is 11.6 Å². The van der Waals surface area contributed by atoms with E-state index in [0.29, 0.717) is 10.6 Å². The van der Waals surface area contributed by atoms with Crippen molar-refractivity contribution in [2.75, 3.05) is 0 Å². The number of benzene rings is 1. The van der Waals surface area contributed by atoms with Crippen LogP contribution in [0.2, 0.25) is 5.02 Å². The summed E-state index contributed by atoms with van der Waals surface area (Å²) in [6.45, 7) is 3.94. The van der Waals surface area contributed by atoms with Gasteiger partial charge in [-0.3, -0.25) is 0 Å². The van der Waals surface area contributed by atoms with Gasteiger partial charge in [-0.15, -0.1) is 6.42 Å². The Labute approximate surface area is 82.7 Å². The van der Waals surface area contributed by atoms with Gasteiger partial charge in [0.15, 0.2) is 0 Å². The van der Waals surface area contributed by atoms with Crippen LogP contribution in [0, 0.1) is 18.2 Å². The first-order valence-electron chi connectivity index (χ1n) is 4.01. The summed E-state index contributed by atoms with van der Waals surface area (Å²) in [4.78, 5) is 0. The van der Waals surface area contributed by atoms with Crippen molar-refractivity contribution in [1.29, 1.82) is 0 Å². The van der Waals surface area contributed by atoms with Crippen LogP contribution in [-0.4, -0.2) is 0 Å². The second-order valence-electron chi connectivity index (χ2n) is 3.15. The third-order valence-corrected chi connectivity index (χ3v) is 2.14. The van der Waals surface area contributed by atoms with E-state index < -0.39 is 0 Å². The lowest BCUT2D eigenvalue weighted by atomic mass is 9.97. The highest BCUT2D eigenvalue weighted by Crippen LogP contribution is 2.28. The van der Waals surface area contributed by atoms with Gasteiger partial charge >= 0.3 is 0 Å². The molecule has 0 bridgehead atoms. The van der Waals surface area contributed by atoms with Gasteiger partial charge in [-0.05, 0) is 23.6 Å². The van der Waals surface area contributed by atoms with Gasteiger partial charge in [0, 0.05) is 10.6 Å². The first-order valence-corrected chi connectivity index (χ1v) is 4.39. The van der Waals surface area contributed by atoms with Gasteiger partial charge in [0.05, 0.1) is 0 Å². The number of terminal acetylenes is 1. The second-order valence-corrected chi connectivity index (χ2v) is 3.56. The lowest BCUT2D eigenvalue weighted by Gasteiger charge is -2.10. The van der Waals surface area contributed by atoms with Crippen molar-refractivity contribution in [2.45, 2.75) is 19.8 Å². The second kappa shape index (κ2) is 3.81. The van der Waals surface area contributed by atoms with Crippen molar-refractivity contribution in [2.24, 2.45) is 0 Å². The zero-order valence-corrected chi connectivity index (χ0v) is 8.32. The van der Waals surface area contributed by atoms with Gasteiger partial charge in [-0.25, -0.2) is 4.39 Å². The molecule has 1 aromatic rings. The Bertz CT molecular complexity index is 361. The molecule has 1 aromatic carbocycles. The fourth-order valence-corrected chi connectivity index (χ4v) is 1.72. The Balaban J connectivity index is 3.41. The fourth-order valence-electron chi connectivity index (χ4n) is 1.29.